The van der Waals surface area contributed by atoms with Gasteiger partial charge in [0.25, 0.3) is 11.6 Å². The van der Waals surface area contributed by atoms with Gasteiger partial charge in [0.15, 0.2) is 0 Å². The van der Waals surface area contributed by atoms with Gasteiger partial charge in [0.05, 0.1) is 4.92 Å². The Morgan fingerprint density at radius 1 is 1.47 bits per heavy atom. The minimum Gasteiger partial charge on any atom is -0.342 e. The first-order valence-corrected chi connectivity index (χ1v) is 4.56. The highest BCUT2D eigenvalue weighted by atomic mass is 16.6. The van der Waals surface area contributed by atoms with Crippen LogP contribution in [0.3, 0.4) is 0 Å². The fourth-order valence-corrected chi connectivity index (χ4v) is 1.16. The Hall–Kier alpha value is -1.91. The van der Waals surface area contributed by atoms with Gasteiger partial charge in [0.2, 0.25) is 0 Å². The molecule has 0 aliphatic carbocycles. The highest BCUT2D eigenvalue weighted by Crippen LogP contribution is 2.18. The molecule has 0 saturated carbocycles. The van der Waals surface area contributed by atoms with E-state index in [1.807, 2.05) is 6.92 Å². The van der Waals surface area contributed by atoms with Crippen molar-refractivity contribution in [3.8, 4) is 0 Å². The van der Waals surface area contributed by atoms with Crippen LogP contribution in [0.1, 0.15) is 17.3 Å². The minimum atomic E-state index is -0.545. The first-order valence-electron chi connectivity index (χ1n) is 4.56. The fraction of sp³-hybridized carbons (Fsp3) is 0.300. The zero-order valence-corrected chi connectivity index (χ0v) is 8.64. The average Bonchev–Trinajstić information content (AvgIpc) is 2.27. The second kappa shape index (κ2) is 4.54. The lowest BCUT2D eigenvalue weighted by molar-refractivity contribution is -0.385. The van der Waals surface area contributed by atoms with Crippen LogP contribution in [0.25, 0.3) is 0 Å². The second-order valence-corrected chi connectivity index (χ2v) is 3.09. The Bertz CT molecular complexity index is 390. The quantitative estimate of drug-likeness (QED) is 0.560. The van der Waals surface area contributed by atoms with Crippen LogP contribution >= 0.6 is 0 Å². The van der Waals surface area contributed by atoms with Gasteiger partial charge in [0.1, 0.15) is 5.56 Å². The topological polar surface area (TPSA) is 63.5 Å². The van der Waals surface area contributed by atoms with Gasteiger partial charge in [-0.3, -0.25) is 14.9 Å². The Morgan fingerprint density at radius 2 is 2.07 bits per heavy atom. The summed E-state index contributed by atoms with van der Waals surface area (Å²) in [6.45, 7) is 2.33. The van der Waals surface area contributed by atoms with Crippen LogP contribution < -0.4 is 0 Å². The van der Waals surface area contributed by atoms with Crippen LogP contribution in [0, 0.1) is 10.1 Å². The number of carbonyl (C=O) groups is 1. The Labute approximate surface area is 87.5 Å². The molecule has 5 heteroatoms. The summed E-state index contributed by atoms with van der Waals surface area (Å²) in [6, 6.07) is 5.95. The van der Waals surface area contributed by atoms with E-state index in [2.05, 4.69) is 0 Å². The summed E-state index contributed by atoms with van der Waals surface area (Å²) in [6.07, 6.45) is 0. The molecule has 0 radical (unpaired) electrons. The molecule has 5 nitrogen and oxygen atoms in total. The Morgan fingerprint density at radius 3 is 2.60 bits per heavy atom. The summed E-state index contributed by atoms with van der Waals surface area (Å²) in [5, 5.41) is 10.7. The molecule has 1 aromatic rings. The van der Waals surface area contributed by atoms with Crippen molar-refractivity contribution in [2.45, 2.75) is 6.92 Å². The SMILES string of the molecule is CCN(C)C(=O)c1ccccc1[N+](=O)[O-]. The van der Waals surface area contributed by atoms with Crippen molar-refractivity contribution >= 4 is 11.6 Å². The molecule has 15 heavy (non-hydrogen) atoms. The van der Waals surface area contributed by atoms with E-state index in [9.17, 15) is 14.9 Å². The maximum atomic E-state index is 11.7. The average molecular weight is 208 g/mol. The zero-order chi connectivity index (χ0) is 11.4. The number of hydrogen-bond acceptors (Lipinski definition) is 3. The predicted octanol–water partition coefficient (Wildman–Crippen LogP) is 1.69. The van der Waals surface area contributed by atoms with Crippen molar-refractivity contribution in [3.63, 3.8) is 0 Å². The molecule has 0 aliphatic rings. The lowest BCUT2D eigenvalue weighted by atomic mass is 10.1. The van der Waals surface area contributed by atoms with Crippen molar-refractivity contribution in [3.05, 3.63) is 39.9 Å². The number of amides is 1. The molecule has 0 atom stereocenters. The normalized spacial score (nSPS) is 9.73. The molecule has 80 valence electrons. The molecule has 0 saturated heterocycles. The van der Waals surface area contributed by atoms with Gasteiger partial charge < -0.3 is 4.90 Å². The van der Waals surface area contributed by atoms with Crippen LogP contribution in [0.4, 0.5) is 5.69 Å². The Balaban J connectivity index is 3.13. The third-order valence-corrected chi connectivity index (χ3v) is 2.15. The van der Waals surface area contributed by atoms with Gasteiger partial charge in [0, 0.05) is 19.7 Å². The second-order valence-electron chi connectivity index (χ2n) is 3.09. The van der Waals surface area contributed by atoms with Crippen LogP contribution in [0.2, 0.25) is 0 Å². The Kier molecular flexibility index (Phi) is 3.38. The van der Waals surface area contributed by atoms with Crippen LogP contribution in [-0.2, 0) is 0 Å². The van der Waals surface area contributed by atoms with E-state index in [0.717, 1.165) is 0 Å². The van der Waals surface area contributed by atoms with Gasteiger partial charge in [-0.25, -0.2) is 0 Å². The summed E-state index contributed by atoms with van der Waals surface area (Å²) in [5.41, 5.74) is -0.0188. The summed E-state index contributed by atoms with van der Waals surface area (Å²) in [5.74, 6) is -0.329. The number of benzene rings is 1. The van der Waals surface area contributed by atoms with E-state index in [1.54, 1.807) is 19.2 Å². The fourth-order valence-electron chi connectivity index (χ4n) is 1.16. The van der Waals surface area contributed by atoms with Crippen LogP contribution in [0.15, 0.2) is 24.3 Å². The molecule has 0 aliphatic heterocycles. The third-order valence-electron chi connectivity index (χ3n) is 2.15. The van der Waals surface area contributed by atoms with E-state index in [0.29, 0.717) is 6.54 Å². The lowest BCUT2D eigenvalue weighted by Crippen LogP contribution is -2.26. The molecule has 0 fully saturated rings. The molecule has 0 aromatic heterocycles. The number of nitro groups is 1. The molecule has 1 aromatic carbocycles. The smallest absolute Gasteiger partial charge is 0.282 e. The number of nitrogens with zero attached hydrogens (tertiary/aromatic N) is 2. The van der Waals surface area contributed by atoms with E-state index in [1.165, 1.54) is 17.0 Å². The van der Waals surface area contributed by atoms with Crippen molar-refractivity contribution in [2.24, 2.45) is 0 Å². The van der Waals surface area contributed by atoms with Crippen molar-refractivity contribution in [1.29, 1.82) is 0 Å². The molecule has 0 heterocycles. The first-order chi connectivity index (χ1) is 7.07. The van der Waals surface area contributed by atoms with E-state index < -0.39 is 4.92 Å². The first kappa shape index (κ1) is 11.2. The van der Waals surface area contributed by atoms with Gasteiger partial charge in [-0.05, 0) is 13.0 Å². The predicted molar refractivity (Wildman–Crippen MR) is 55.7 cm³/mol. The molecule has 0 unspecified atom stereocenters. The number of rotatable bonds is 3. The third kappa shape index (κ3) is 2.31. The summed E-state index contributed by atoms with van der Waals surface area (Å²) < 4.78 is 0. The maximum absolute atomic E-state index is 11.7. The van der Waals surface area contributed by atoms with Crippen LogP contribution in [-0.4, -0.2) is 29.3 Å². The van der Waals surface area contributed by atoms with Crippen molar-refractivity contribution < 1.29 is 9.72 Å². The largest absolute Gasteiger partial charge is 0.342 e. The molecule has 1 rings (SSSR count). The molecule has 1 amide bonds. The van der Waals surface area contributed by atoms with Crippen LogP contribution in [0.5, 0.6) is 0 Å². The standard InChI is InChI=1S/C10H12N2O3/c1-3-11(2)10(13)8-6-4-5-7-9(8)12(14)15/h4-7H,3H2,1-2H3. The van der Waals surface area contributed by atoms with Gasteiger partial charge in [-0.1, -0.05) is 12.1 Å². The molecule has 0 bridgehead atoms. The van der Waals surface area contributed by atoms with Crippen molar-refractivity contribution in [2.75, 3.05) is 13.6 Å². The van der Waals surface area contributed by atoms with Gasteiger partial charge >= 0.3 is 0 Å². The maximum Gasteiger partial charge on any atom is 0.282 e. The van der Waals surface area contributed by atoms with E-state index in [-0.39, 0.29) is 17.2 Å². The number of para-hydroxylation sites is 1. The molecule has 0 spiro atoms. The lowest BCUT2D eigenvalue weighted by Gasteiger charge is -2.13. The summed E-state index contributed by atoms with van der Waals surface area (Å²) in [4.78, 5) is 23.3. The zero-order valence-electron chi connectivity index (χ0n) is 8.64. The van der Waals surface area contributed by atoms with E-state index in [4.69, 9.17) is 0 Å². The highest BCUT2D eigenvalue weighted by Gasteiger charge is 2.20. The monoisotopic (exact) mass is 208 g/mol. The van der Waals surface area contributed by atoms with E-state index >= 15 is 0 Å². The summed E-state index contributed by atoms with van der Waals surface area (Å²) in [7, 11) is 1.61. The van der Waals surface area contributed by atoms with Gasteiger partial charge in [-0.2, -0.15) is 0 Å². The van der Waals surface area contributed by atoms with Gasteiger partial charge in [-0.15, -0.1) is 0 Å². The number of nitro benzene ring substituents is 1. The summed E-state index contributed by atoms with van der Waals surface area (Å²) >= 11 is 0. The van der Waals surface area contributed by atoms with Crippen molar-refractivity contribution in [1.82, 2.24) is 4.90 Å². The minimum absolute atomic E-state index is 0.131. The molecule has 0 N–H and O–H groups in total. The number of hydrogen-bond donors (Lipinski definition) is 0. The highest BCUT2D eigenvalue weighted by molar-refractivity contribution is 5.97. The molecular formula is C10H12N2O3. The molecular weight excluding hydrogens is 196 g/mol. The number of carbonyl (C=O) groups excluding carboxylic acids is 1.